The molecule has 0 aliphatic carbocycles. The van der Waals surface area contributed by atoms with Crippen LogP contribution in [0.15, 0.2) is 10.3 Å². The van der Waals surface area contributed by atoms with Gasteiger partial charge in [-0.05, 0) is 0 Å². The van der Waals surface area contributed by atoms with Crippen LogP contribution in [0.5, 0.6) is 0 Å². The quantitative estimate of drug-likeness (QED) is 0.253. The molecule has 0 spiro atoms. The van der Waals surface area contributed by atoms with Crippen molar-refractivity contribution in [2.45, 2.75) is 6.82 Å². The summed E-state index contributed by atoms with van der Waals surface area (Å²) in [6.07, 6.45) is 0. The Hall–Kier alpha value is -0.535. The third kappa shape index (κ3) is 3.46. The number of hydrogen-bond donors (Lipinski definition) is 0. The van der Waals surface area contributed by atoms with E-state index in [1.54, 1.807) is 6.82 Å². The van der Waals surface area contributed by atoms with Gasteiger partial charge in [-0.2, -0.15) is 0 Å². The summed E-state index contributed by atoms with van der Waals surface area (Å²) in [5.74, 6) is 0. The molecule has 0 aromatic heterocycles. The van der Waals surface area contributed by atoms with Gasteiger partial charge < -0.3 is 0 Å². The van der Waals surface area contributed by atoms with Gasteiger partial charge in [0, 0.05) is 0 Å². The van der Waals surface area contributed by atoms with E-state index in [0.717, 1.165) is 0 Å². The van der Waals surface area contributed by atoms with E-state index in [9.17, 15) is 0 Å². The molecule has 26 valence electrons. The Morgan fingerprint density at radius 2 is 2.40 bits per heavy atom. The summed E-state index contributed by atoms with van der Waals surface area (Å²) in [4.78, 5) is 8.96. The van der Waals surface area contributed by atoms with Crippen molar-refractivity contribution in [2.24, 2.45) is 10.3 Å². The molecular formula is CH3BN2O. The molecule has 0 heterocycles. The van der Waals surface area contributed by atoms with Crippen molar-refractivity contribution >= 4 is 7.07 Å². The maximum atomic E-state index is 8.96. The fraction of sp³-hybridized carbons (Fsp3) is 1.00. The number of hydrogen-bond acceptors (Lipinski definition) is 2. The van der Waals surface area contributed by atoms with Crippen LogP contribution < -0.4 is 0 Å². The minimum atomic E-state index is 1.33. The van der Waals surface area contributed by atoms with E-state index in [0.29, 0.717) is 0 Å². The SMILES string of the molecule is CB=NN=O. The minimum absolute atomic E-state index is 1.33. The second kappa shape index (κ2) is 3.46. The van der Waals surface area contributed by atoms with E-state index < -0.39 is 0 Å². The summed E-state index contributed by atoms with van der Waals surface area (Å²) >= 11 is 0. The van der Waals surface area contributed by atoms with Crippen molar-refractivity contribution in [3.05, 3.63) is 4.91 Å². The summed E-state index contributed by atoms with van der Waals surface area (Å²) in [5, 5.41) is 5.09. The maximum absolute atomic E-state index is 8.96. The van der Waals surface area contributed by atoms with Crippen LogP contribution in [0.2, 0.25) is 6.82 Å². The molecule has 0 rings (SSSR count). The second-order valence-corrected chi connectivity index (χ2v) is 0.455. The first-order valence-corrected chi connectivity index (χ1v) is 1.22. The van der Waals surface area contributed by atoms with Crippen LogP contribution in [-0.2, 0) is 0 Å². The Morgan fingerprint density at radius 3 is 2.40 bits per heavy atom. The standard InChI is InChI=1S/CH3BN2O/c1-2-3-4-5/h1H3. The zero-order chi connectivity index (χ0) is 4.12. The predicted octanol–water partition coefficient (Wildman–Crippen LogP) is 0.604. The van der Waals surface area contributed by atoms with Crippen LogP contribution in [0.4, 0.5) is 0 Å². The van der Waals surface area contributed by atoms with Gasteiger partial charge in [0.1, 0.15) is 0 Å². The number of rotatable bonds is 1. The molecule has 3 nitrogen and oxygen atoms in total. The number of nitroso groups, excluding NO2 is 1. The van der Waals surface area contributed by atoms with E-state index in [1.807, 2.05) is 0 Å². The molecule has 0 bridgehead atoms. The second-order valence-electron chi connectivity index (χ2n) is 0.455. The molecule has 0 aliphatic rings. The molecule has 0 amide bonds. The van der Waals surface area contributed by atoms with Crippen LogP contribution in [0, 0.1) is 4.91 Å². The molecule has 0 radical (unpaired) electrons. The van der Waals surface area contributed by atoms with Gasteiger partial charge in [0.2, 0.25) is 0 Å². The number of nitrogens with zero attached hydrogens (tertiary/aromatic N) is 2. The van der Waals surface area contributed by atoms with Gasteiger partial charge in [-0.15, -0.1) is 0 Å². The van der Waals surface area contributed by atoms with Gasteiger partial charge in [-0.25, -0.2) is 0 Å². The molecule has 5 heavy (non-hydrogen) atoms. The van der Waals surface area contributed by atoms with Crippen molar-refractivity contribution in [1.82, 2.24) is 0 Å². The van der Waals surface area contributed by atoms with Gasteiger partial charge in [-0.1, -0.05) is 0 Å². The van der Waals surface area contributed by atoms with Gasteiger partial charge >= 0.3 is 29.1 Å². The molecule has 0 saturated carbocycles. The van der Waals surface area contributed by atoms with Crippen molar-refractivity contribution < 1.29 is 0 Å². The van der Waals surface area contributed by atoms with Crippen LogP contribution in [0.1, 0.15) is 0 Å². The summed E-state index contributed by atoms with van der Waals surface area (Å²) in [6.45, 7) is 1.63. The van der Waals surface area contributed by atoms with Gasteiger partial charge in [0.05, 0.1) is 0 Å². The average Bonchev–Trinajstić information content (AvgIpc) is 1.41. The molecule has 0 unspecified atom stereocenters. The predicted molar refractivity (Wildman–Crippen MR) is 19.8 cm³/mol. The van der Waals surface area contributed by atoms with Crippen LogP contribution >= 0.6 is 0 Å². The monoisotopic (exact) mass is 70.0 g/mol. The fourth-order valence-corrected chi connectivity index (χ4v) is 0.0471. The zero-order valence-electron chi connectivity index (χ0n) is 2.88. The summed E-state index contributed by atoms with van der Waals surface area (Å²) < 4.78 is 0. The fourth-order valence-electron chi connectivity index (χ4n) is 0.0471. The van der Waals surface area contributed by atoms with Crippen LogP contribution in [0.25, 0.3) is 0 Å². The molecule has 0 fully saturated rings. The van der Waals surface area contributed by atoms with Gasteiger partial charge in [-0.3, -0.25) is 0 Å². The first-order valence-electron chi connectivity index (χ1n) is 1.22. The molecule has 0 atom stereocenters. The Labute approximate surface area is 30.3 Å². The van der Waals surface area contributed by atoms with E-state index in [1.165, 1.54) is 7.07 Å². The normalized spacial score (nSPS) is 7.40. The first-order chi connectivity index (χ1) is 2.41. The molecule has 4 heteroatoms. The molecule has 0 N–H and O–H groups in total. The van der Waals surface area contributed by atoms with Gasteiger partial charge in [0.25, 0.3) is 0 Å². The van der Waals surface area contributed by atoms with Gasteiger partial charge in [0.15, 0.2) is 0 Å². The Morgan fingerprint density at radius 1 is 1.80 bits per heavy atom. The van der Waals surface area contributed by atoms with E-state index in [4.69, 9.17) is 4.91 Å². The summed E-state index contributed by atoms with van der Waals surface area (Å²) in [6, 6.07) is 0. The molecule has 0 aromatic rings. The van der Waals surface area contributed by atoms with E-state index in [-0.39, 0.29) is 0 Å². The Kier molecular flexibility index (Phi) is 3.09. The summed E-state index contributed by atoms with van der Waals surface area (Å²) in [7, 11) is 1.33. The Bertz CT molecular complexity index is 51.6. The topological polar surface area (TPSA) is 41.8 Å². The van der Waals surface area contributed by atoms with E-state index >= 15 is 0 Å². The van der Waals surface area contributed by atoms with Crippen LogP contribution in [0.3, 0.4) is 0 Å². The average molecular weight is 69.9 g/mol. The Balaban J connectivity index is 2.92. The molecular weight excluding hydrogens is 66.8 g/mol. The van der Waals surface area contributed by atoms with Crippen LogP contribution in [-0.4, -0.2) is 7.07 Å². The molecule has 0 aliphatic heterocycles. The van der Waals surface area contributed by atoms with Crippen molar-refractivity contribution in [3.63, 3.8) is 0 Å². The third-order valence-corrected chi connectivity index (χ3v) is 0.163. The first kappa shape index (κ1) is 4.46. The summed E-state index contributed by atoms with van der Waals surface area (Å²) in [5.41, 5.74) is 0. The molecule has 0 aromatic carbocycles. The van der Waals surface area contributed by atoms with Crippen molar-refractivity contribution in [3.8, 4) is 0 Å². The molecule has 0 saturated heterocycles. The zero-order valence-corrected chi connectivity index (χ0v) is 2.88. The van der Waals surface area contributed by atoms with Crippen molar-refractivity contribution in [2.75, 3.05) is 0 Å². The van der Waals surface area contributed by atoms with E-state index in [2.05, 4.69) is 10.3 Å². The third-order valence-electron chi connectivity index (χ3n) is 0.163. The van der Waals surface area contributed by atoms with Crippen molar-refractivity contribution in [1.29, 1.82) is 0 Å².